The molecule has 1 aromatic rings. The molecule has 0 spiro atoms. The number of amidine groups is 1. The van der Waals surface area contributed by atoms with E-state index in [1.165, 1.54) is 0 Å². The molecule has 0 aromatic heterocycles. The third kappa shape index (κ3) is 5.30. The van der Waals surface area contributed by atoms with Crippen molar-refractivity contribution in [1.29, 1.82) is 0 Å². The number of benzene rings is 1. The van der Waals surface area contributed by atoms with E-state index < -0.39 is 0 Å². The summed E-state index contributed by atoms with van der Waals surface area (Å²) >= 11 is 3.40. The van der Waals surface area contributed by atoms with Gasteiger partial charge >= 0.3 is 0 Å². The molecule has 1 aromatic carbocycles. The zero-order valence-electron chi connectivity index (χ0n) is 10.8. The number of halogens is 1. The largest absolute Gasteiger partial charge is 0.409 e. The molecule has 0 radical (unpaired) electrons. The summed E-state index contributed by atoms with van der Waals surface area (Å²) in [5.41, 5.74) is 7.02. The van der Waals surface area contributed by atoms with E-state index in [0.717, 1.165) is 22.9 Å². The number of hydrogen-bond donors (Lipinski definition) is 3. The zero-order valence-corrected chi connectivity index (χ0v) is 12.4. The van der Waals surface area contributed by atoms with E-state index in [9.17, 15) is 4.79 Å². The molecule has 0 atom stereocenters. The van der Waals surface area contributed by atoms with Gasteiger partial charge in [0, 0.05) is 23.0 Å². The second-order valence-corrected chi connectivity index (χ2v) is 5.12. The molecule has 0 saturated carbocycles. The normalized spacial score (nSPS) is 11.4. The summed E-state index contributed by atoms with van der Waals surface area (Å²) in [6, 6.07) is 5.49. The molecule has 0 aliphatic rings. The van der Waals surface area contributed by atoms with Gasteiger partial charge in [-0.25, -0.2) is 0 Å². The Bertz CT molecular complexity index is 475. The Kier molecular flexibility index (Phi) is 6.35. The van der Waals surface area contributed by atoms with Crippen molar-refractivity contribution in [2.45, 2.75) is 26.2 Å². The minimum Gasteiger partial charge on any atom is -0.409 e. The van der Waals surface area contributed by atoms with Gasteiger partial charge in [0.2, 0.25) is 0 Å². The van der Waals surface area contributed by atoms with Crippen LogP contribution in [0.4, 0.5) is 0 Å². The van der Waals surface area contributed by atoms with Crippen molar-refractivity contribution in [1.82, 2.24) is 5.32 Å². The number of nitrogens with two attached hydrogens (primary N) is 1. The molecular weight excluding hydrogens is 310 g/mol. The van der Waals surface area contributed by atoms with Crippen LogP contribution in [-0.4, -0.2) is 23.5 Å². The topological polar surface area (TPSA) is 87.7 Å². The van der Waals surface area contributed by atoms with Gasteiger partial charge in [-0.15, -0.1) is 0 Å². The van der Waals surface area contributed by atoms with Crippen molar-refractivity contribution >= 4 is 27.7 Å². The summed E-state index contributed by atoms with van der Waals surface area (Å²) in [4.78, 5) is 11.8. The fraction of sp³-hybridized carbons (Fsp3) is 0.385. The Labute approximate surface area is 121 Å². The van der Waals surface area contributed by atoms with Crippen LogP contribution in [0.2, 0.25) is 0 Å². The molecule has 0 aliphatic carbocycles. The maximum atomic E-state index is 11.8. The summed E-state index contributed by atoms with van der Waals surface area (Å²) in [7, 11) is 0. The van der Waals surface area contributed by atoms with E-state index >= 15 is 0 Å². The molecule has 0 saturated heterocycles. The number of aryl methyl sites for hydroxylation is 1. The van der Waals surface area contributed by atoms with Crippen LogP contribution in [0.15, 0.2) is 27.8 Å². The van der Waals surface area contributed by atoms with Gasteiger partial charge in [-0.1, -0.05) is 21.1 Å². The van der Waals surface area contributed by atoms with Crippen LogP contribution in [0.5, 0.6) is 0 Å². The van der Waals surface area contributed by atoms with Gasteiger partial charge in [0.15, 0.2) is 0 Å². The van der Waals surface area contributed by atoms with Crippen LogP contribution in [-0.2, 0) is 0 Å². The van der Waals surface area contributed by atoms with Crippen LogP contribution in [0, 0.1) is 6.92 Å². The lowest BCUT2D eigenvalue weighted by molar-refractivity contribution is 0.0953. The fourth-order valence-electron chi connectivity index (χ4n) is 1.57. The number of carbonyl (C=O) groups excluding carboxylic acids is 1. The molecule has 0 heterocycles. The summed E-state index contributed by atoms with van der Waals surface area (Å²) in [6.45, 7) is 2.52. The van der Waals surface area contributed by atoms with Crippen LogP contribution in [0.1, 0.15) is 35.2 Å². The van der Waals surface area contributed by atoms with Crippen molar-refractivity contribution in [2.75, 3.05) is 6.54 Å². The minimum atomic E-state index is -0.0839. The van der Waals surface area contributed by atoms with Gasteiger partial charge in [0.1, 0.15) is 5.84 Å². The Morgan fingerprint density at radius 1 is 1.47 bits per heavy atom. The number of hydrogen-bond acceptors (Lipinski definition) is 3. The zero-order chi connectivity index (χ0) is 14.3. The maximum absolute atomic E-state index is 11.8. The highest BCUT2D eigenvalue weighted by Crippen LogP contribution is 2.16. The van der Waals surface area contributed by atoms with Crippen LogP contribution in [0.25, 0.3) is 0 Å². The summed E-state index contributed by atoms with van der Waals surface area (Å²) < 4.78 is 0.989. The number of carbonyl (C=O) groups is 1. The van der Waals surface area contributed by atoms with Crippen molar-refractivity contribution in [3.05, 3.63) is 33.8 Å². The lowest BCUT2D eigenvalue weighted by Gasteiger charge is -2.06. The average Bonchev–Trinajstić information content (AvgIpc) is 2.40. The van der Waals surface area contributed by atoms with E-state index in [4.69, 9.17) is 10.9 Å². The van der Waals surface area contributed by atoms with Gasteiger partial charge in [-0.3, -0.25) is 4.79 Å². The lowest BCUT2D eigenvalue weighted by atomic mass is 10.1. The highest BCUT2D eigenvalue weighted by Gasteiger charge is 2.06. The first-order valence-electron chi connectivity index (χ1n) is 6.05. The molecule has 5 nitrogen and oxygen atoms in total. The van der Waals surface area contributed by atoms with E-state index in [-0.39, 0.29) is 11.7 Å². The summed E-state index contributed by atoms with van der Waals surface area (Å²) in [6.07, 6.45) is 2.09. The van der Waals surface area contributed by atoms with E-state index in [0.29, 0.717) is 18.5 Å². The number of unbranched alkanes of at least 4 members (excludes halogenated alkanes) is 1. The smallest absolute Gasteiger partial charge is 0.251 e. The van der Waals surface area contributed by atoms with Gasteiger partial charge < -0.3 is 16.3 Å². The Balaban J connectivity index is 2.33. The second kappa shape index (κ2) is 7.78. The second-order valence-electron chi connectivity index (χ2n) is 4.27. The Morgan fingerprint density at radius 3 is 2.84 bits per heavy atom. The first-order valence-corrected chi connectivity index (χ1v) is 6.84. The van der Waals surface area contributed by atoms with Crippen molar-refractivity contribution in [3.8, 4) is 0 Å². The van der Waals surface area contributed by atoms with Gasteiger partial charge in [0.05, 0.1) is 0 Å². The fourth-order valence-corrected chi connectivity index (χ4v) is 1.82. The first kappa shape index (κ1) is 15.5. The van der Waals surface area contributed by atoms with Crippen LogP contribution >= 0.6 is 15.9 Å². The Morgan fingerprint density at radius 2 is 2.21 bits per heavy atom. The molecule has 4 N–H and O–H groups in total. The summed E-state index contributed by atoms with van der Waals surface area (Å²) in [5.74, 6) is 0.134. The highest BCUT2D eigenvalue weighted by atomic mass is 79.9. The lowest BCUT2D eigenvalue weighted by Crippen LogP contribution is -2.24. The number of nitrogens with one attached hydrogen (secondary N) is 1. The number of nitrogens with zero attached hydrogens (tertiary/aromatic N) is 1. The maximum Gasteiger partial charge on any atom is 0.251 e. The standard InChI is InChI=1S/C13H18BrN3O2/c1-9-8-10(5-6-11(9)14)13(18)16-7-3-2-4-12(15)17-19/h5-6,8,19H,2-4,7H2,1H3,(H2,15,17)(H,16,18). The molecule has 1 amide bonds. The molecule has 0 aliphatic heterocycles. The molecule has 0 fully saturated rings. The van der Waals surface area contributed by atoms with Crippen LogP contribution < -0.4 is 11.1 Å². The average molecular weight is 328 g/mol. The molecule has 0 unspecified atom stereocenters. The van der Waals surface area contributed by atoms with Crippen molar-refractivity contribution in [2.24, 2.45) is 10.9 Å². The Hall–Kier alpha value is -1.56. The molecule has 19 heavy (non-hydrogen) atoms. The number of amides is 1. The van der Waals surface area contributed by atoms with Crippen molar-refractivity contribution in [3.63, 3.8) is 0 Å². The van der Waals surface area contributed by atoms with E-state index in [1.807, 2.05) is 19.1 Å². The third-order valence-electron chi connectivity index (χ3n) is 2.69. The van der Waals surface area contributed by atoms with E-state index in [1.54, 1.807) is 6.07 Å². The SMILES string of the molecule is Cc1cc(C(=O)NCCCC/C(N)=N/O)ccc1Br. The highest BCUT2D eigenvalue weighted by molar-refractivity contribution is 9.10. The van der Waals surface area contributed by atoms with E-state index in [2.05, 4.69) is 26.4 Å². The number of rotatable bonds is 6. The predicted molar refractivity (Wildman–Crippen MR) is 78.5 cm³/mol. The first-order chi connectivity index (χ1) is 9.04. The summed E-state index contributed by atoms with van der Waals surface area (Å²) in [5, 5.41) is 14.1. The van der Waals surface area contributed by atoms with Gasteiger partial charge in [-0.05, 0) is 43.5 Å². The molecule has 1 rings (SSSR count). The quantitative estimate of drug-likeness (QED) is 0.246. The van der Waals surface area contributed by atoms with Gasteiger partial charge in [0.25, 0.3) is 5.91 Å². The van der Waals surface area contributed by atoms with Crippen molar-refractivity contribution < 1.29 is 10.0 Å². The molecular formula is C13H18BrN3O2. The molecule has 6 heteroatoms. The molecule has 0 bridgehead atoms. The third-order valence-corrected chi connectivity index (χ3v) is 3.58. The van der Waals surface area contributed by atoms with Crippen LogP contribution in [0.3, 0.4) is 0 Å². The predicted octanol–water partition coefficient (Wildman–Crippen LogP) is 2.40. The van der Waals surface area contributed by atoms with Gasteiger partial charge in [-0.2, -0.15) is 0 Å². The minimum absolute atomic E-state index is 0.0839. The monoisotopic (exact) mass is 327 g/mol. The number of oxime groups is 1. The molecule has 104 valence electrons.